The minimum atomic E-state index is -0.280. The van der Waals surface area contributed by atoms with E-state index in [0.29, 0.717) is 42.4 Å². The second-order valence-corrected chi connectivity index (χ2v) is 6.48. The maximum absolute atomic E-state index is 12.1. The second-order valence-electron chi connectivity index (χ2n) is 6.48. The summed E-state index contributed by atoms with van der Waals surface area (Å²) in [5, 5.41) is 0. The molecular formula is C23H25NO4. The number of cyclic esters (lactones) is 1. The largest absolute Gasteiger partial charge is 0.490 e. The van der Waals surface area contributed by atoms with Gasteiger partial charge in [0.2, 0.25) is 0 Å². The molecule has 2 aromatic rings. The predicted molar refractivity (Wildman–Crippen MR) is 111 cm³/mol. The number of aliphatic imine (C=N–C) groups is 1. The van der Waals surface area contributed by atoms with Crippen LogP contribution >= 0.6 is 0 Å². The zero-order valence-electron chi connectivity index (χ0n) is 16.5. The van der Waals surface area contributed by atoms with Gasteiger partial charge in [-0.05, 0) is 38.5 Å². The highest BCUT2D eigenvalue weighted by atomic mass is 16.5. The molecule has 0 radical (unpaired) electrons. The van der Waals surface area contributed by atoms with Crippen LogP contribution in [0, 0.1) is 0 Å². The molecule has 2 aromatic carbocycles. The number of benzene rings is 2. The summed E-state index contributed by atoms with van der Waals surface area (Å²) >= 11 is 0. The molecule has 1 unspecified atom stereocenters. The Morgan fingerprint density at radius 3 is 2.39 bits per heavy atom. The molecule has 1 saturated heterocycles. The van der Waals surface area contributed by atoms with Gasteiger partial charge in [0.1, 0.15) is 6.10 Å². The Bertz CT molecular complexity index is 887. The quantitative estimate of drug-likeness (QED) is 0.388. The summed E-state index contributed by atoms with van der Waals surface area (Å²) < 4.78 is 16.7. The number of hydrogen-bond donors (Lipinski definition) is 0. The molecule has 0 N–H and O–H groups in total. The van der Waals surface area contributed by atoms with Crippen molar-refractivity contribution in [1.29, 1.82) is 0 Å². The molecule has 0 amide bonds. The van der Waals surface area contributed by atoms with Crippen LogP contribution in [0.4, 0.5) is 5.69 Å². The van der Waals surface area contributed by atoms with E-state index in [1.165, 1.54) is 0 Å². The molecule has 5 nitrogen and oxygen atoms in total. The third kappa shape index (κ3) is 4.80. The maximum atomic E-state index is 12.1. The number of ether oxygens (including phenoxy) is 3. The fraction of sp³-hybridized carbons (Fsp3) is 0.304. The van der Waals surface area contributed by atoms with E-state index in [0.717, 1.165) is 11.1 Å². The Labute approximate surface area is 165 Å². The maximum Gasteiger partial charge on any atom is 0.334 e. The highest BCUT2D eigenvalue weighted by Crippen LogP contribution is 2.37. The van der Waals surface area contributed by atoms with E-state index in [-0.39, 0.29) is 12.1 Å². The van der Waals surface area contributed by atoms with Crippen molar-refractivity contribution >= 4 is 23.9 Å². The molecule has 1 heterocycles. The number of nitrogens with zero attached hydrogens (tertiary/aromatic N) is 1. The Kier molecular flexibility index (Phi) is 6.48. The van der Waals surface area contributed by atoms with Gasteiger partial charge in [-0.2, -0.15) is 0 Å². The number of rotatable bonds is 7. The molecule has 1 aliphatic heterocycles. The first-order chi connectivity index (χ1) is 13.6. The smallest absolute Gasteiger partial charge is 0.334 e. The van der Waals surface area contributed by atoms with Crippen LogP contribution in [0.3, 0.4) is 0 Å². The summed E-state index contributed by atoms with van der Waals surface area (Å²) in [7, 11) is 0. The molecule has 0 bridgehead atoms. The van der Waals surface area contributed by atoms with Crippen LogP contribution in [0.1, 0.15) is 38.3 Å². The van der Waals surface area contributed by atoms with Crippen LogP contribution in [-0.4, -0.2) is 31.5 Å². The minimum Gasteiger partial charge on any atom is -0.490 e. The summed E-state index contributed by atoms with van der Waals surface area (Å²) in [6.45, 7) is 6.77. The van der Waals surface area contributed by atoms with Crippen LogP contribution in [0.5, 0.6) is 11.5 Å². The van der Waals surface area contributed by atoms with Crippen molar-refractivity contribution in [2.75, 3.05) is 13.2 Å². The average Bonchev–Trinajstić information content (AvgIpc) is 3.00. The number of carbonyl (C=O) groups is 1. The molecule has 28 heavy (non-hydrogen) atoms. The van der Waals surface area contributed by atoms with Gasteiger partial charge < -0.3 is 14.2 Å². The van der Waals surface area contributed by atoms with E-state index < -0.39 is 0 Å². The molecule has 1 fully saturated rings. The molecular weight excluding hydrogens is 354 g/mol. The van der Waals surface area contributed by atoms with E-state index >= 15 is 0 Å². The molecule has 0 saturated carbocycles. The lowest BCUT2D eigenvalue weighted by molar-refractivity contribution is -0.138. The number of hydrogen-bond acceptors (Lipinski definition) is 5. The molecule has 0 spiro atoms. The highest BCUT2D eigenvalue weighted by molar-refractivity contribution is 5.97. The van der Waals surface area contributed by atoms with Crippen LogP contribution in [0.25, 0.3) is 6.08 Å². The minimum absolute atomic E-state index is 0.107. The zero-order valence-corrected chi connectivity index (χ0v) is 16.5. The van der Waals surface area contributed by atoms with E-state index in [1.807, 2.05) is 69.3 Å². The van der Waals surface area contributed by atoms with Crippen molar-refractivity contribution in [2.24, 2.45) is 4.99 Å². The lowest BCUT2D eigenvalue weighted by atomic mass is 10.1. The summed E-state index contributed by atoms with van der Waals surface area (Å²) in [5.74, 6) is 0.987. The van der Waals surface area contributed by atoms with E-state index in [2.05, 4.69) is 4.99 Å². The Morgan fingerprint density at radius 1 is 1.11 bits per heavy atom. The number of carbonyl (C=O) groups excluding carboxylic acids is 1. The molecule has 1 atom stereocenters. The van der Waals surface area contributed by atoms with Crippen molar-refractivity contribution in [3.63, 3.8) is 0 Å². The third-order valence-electron chi connectivity index (χ3n) is 4.25. The van der Waals surface area contributed by atoms with Gasteiger partial charge in [-0.3, -0.25) is 4.99 Å². The van der Waals surface area contributed by atoms with Gasteiger partial charge in [0.25, 0.3) is 0 Å². The normalized spacial score (nSPS) is 17.9. The summed E-state index contributed by atoms with van der Waals surface area (Å²) in [6, 6.07) is 13.6. The van der Waals surface area contributed by atoms with Crippen molar-refractivity contribution < 1.29 is 19.0 Å². The highest BCUT2D eigenvalue weighted by Gasteiger charge is 2.25. The SMILES string of the molecule is CCOc1cc(C=C2CC(C)OC2=O)c(N=Cc2ccccc2)cc1OCC. The van der Waals surface area contributed by atoms with Crippen LogP contribution in [0.15, 0.2) is 53.0 Å². The average molecular weight is 379 g/mol. The van der Waals surface area contributed by atoms with Crippen LogP contribution < -0.4 is 9.47 Å². The fourth-order valence-corrected chi connectivity index (χ4v) is 3.01. The van der Waals surface area contributed by atoms with Gasteiger partial charge in [0.15, 0.2) is 11.5 Å². The molecule has 3 rings (SSSR count). The van der Waals surface area contributed by atoms with Crippen molar-refractivity contribution in [3.8, 4) is 11.5 Å². The van der Waals surface area contributed by atoms with Gasteiger partial charge in [-0.15, -0.1) is 0 Å². The second kappa shape index (κ2) is 9.22. The van der Waals surface area contributed by atoms with Gasteiger partial charge in [-0.1, -0.05) is 30.3 Å². The van der Waals surface area contributed by atoms with E-state index in [1.54, 1.807) is 6.21 Å². The molecule has 0 aromatic heterocycles. The van der Waals surface area contributed by atoms with Crippen LogP contribution in [-0.2, 0) is 9.53 Å². The predicted octanol–water partition coefficient (Wildman–Crippen LogP) is 4.95. The van der Waals surface area contributed by atoms with E-state index in [4.69, 9.17) is 14.2 Å². The molecule has 1 aliphatic rings. The topological polar surface area (TPSA) is 57.1 Å². The monoisotopic (exact) mass is 379 g/mol. The van der Waals surface area contributed by atoms with Crippen molar-refractivity contribution in [2.45, 2.75) is 33.3 Å². The Balaban J connectivity index is 2.06. The van der Waals surface area contributed by atoms with Gasteiger partial charge >= 0.3 is 5.97 Å². The zero-order chi connectivity index (χ0) is 19.9. The summed E-state index contributed by atoms with van der Waals surface area (Å²) in [4.78, 5) is 16.7. The molecule has 146 valence electrons. The van der Waals surface area contributed by atoms with Crippen LogP contribution in [0.2, 0.25) is 0 Å². The third-order valence-corrected chi connectivity index (χ3v) is 4.25. The van der Waals surface area contributed by atoms with Gasteiger partial charge in [-0.25, -0.2) is 4.79 Å². The Morgan fingerprint density at radius 2 is 1.79 bits per heavy atom. The lowest BCUT2D eigenvalue weighted by Gasteiger charge is -2.13. The lowest BCUT2D eigenvalue weighted by Crippen LogP contribution is -2.00. The first-order valence-corrected chi connectivity index (χ1v) is 9.55. The van der Waals surface area contributed by atoms with Crippen molar-refractivity contribution in [1.82, 2.24) is 0 Å². The van der Waals surface area contributed by atoms with Crippen molar-refractivity contribution in [3.05, 3.63) is 59.2 Å². The number of esters is 1. The molecule has 0 aliphatic carbocycles. The molecule has 5 heteroatoms. The van der Waals surface area contributed by atoms with Gasteiger partial charge in [0, 0.05) is 29.8 Å². The first-order valence-electron chi connectivity index (χ1n) is 9.55. The van der Waals surface area contributed by atoms with Gasteiger partial charge in [0.05, 0.1) is 18.9 Å². The first kappa shape index (κ1) is 19.7. The standard InChI is InChI=1S/C23H25NO4/c1-4-26-21-13-18(12-19-11-16(3)28-23(19)25)20(14-22(21)27-5-2)24-15-17-9-7-6-8-10-17/h6-10,12-16H,4-5,11H2,1-3H3. The summed E-state index contributed by atoms with van der Waals surface area (Å²) in [6.07, 6.45) is 4.10. The summed E-state index contributed by atoms with van der Waals surface area (Å²) in [5.41, 5.74) is 3.12. The fourth-order valence-electron chi connectivity index (χ4n) is 3.01. The van der Waals surface area contributed by atoms with E-state index in [9.17, 15) is 4.79 Å². The Hall–Kier alpha value is -3.08.